The van der Waals surface area contributed by atoms with Crippen LogP contribution in [0.3, 0.4) is 0 Å². The largest absolute Gasteiger partial charge is 0.424 e. The van der Waals surface area contributed by atoms with Gasteiger partial charge in [0.05, 0.1) is 23.2 Å². The summed E-state index contributed by atoms with van der Waals surface area (Å²) in [5, 5.41) is 12.5. The summed E-state index contributed by atoms with van der Waals surface area (Å²) in [7, 11) is 0. The maximum Gasteiger partial charge on any atom is 0.419 e. The topological polar surface area (TPSA) is 122 Å². The number of ether oxygens (including phenoxy) is 2. The standard InChI is InChI=1S/C24H28F4N6O2.C13H12BrF4N3O/c1-12(2)34-23(35-17-7-13(3)21(25)19(8-17)24(26,27)28)30-20(31-34)9-18-15-5-6-16(18)11-33(10-15)22-29-14(4)32-36-22;1-6(2)21-12(19-11(14)20-21)22-8-4-7(3)10(15)9(5-8)13(16,17)18/h7-8,12,15-16,18H,5-6,9-11H2,1-4H3;4-6H,1-3H3/t15-,16+,18?;. The van der Waals surface area contributed by atoms with Gasteiger partial charge in [0, 0.05) is 19.5 Å². The van der Waals surface area contributed by atoms with Gasteiger partial charge in [0.1, 0.15) is 23.1 Å². The lowest BCUT2D eigenvalue weighted by atomic mass is 9.82. The third kappa shape index (κ3) is 9.39. The summed E-state index contributed by atoms with van der Waals surface area (Å²) in [6.07, 6.45) is -6.83. The van der Waals surface area contributed by atoms with Gasteiger partial charge < -0.3 is 18.9 Å². The molecule has 2 bridgehead atoms. The molecule has 12 nitrogen and oxygen atoms in total. The highest BCUT2D eigenvalue weighted by atomic mass is 79.9. The number of nitrogens with zero attached hydrogens (tertiary/aromatic N) is 9. The van der Waals surface area contributed by atoms with E-state index in [0.29, 0.717) is 54.0 Å². The fourth-order valence-electron chi connectivity index (χ4n) is 7.20. The van der Waals surface area contributed by atoms with Gasteiger partial charge in [-0.3, -0.25) is 0 Å². The maximum absolute atomic E-state index is 14.1. The molecule has 0 N–H and O–H groups in total. The van der Waals surface area contributed by atoms with Gasteiger partial charge in [0.2, 0.25) is 4.73 Å². The Kier molecular flexibility index (Phi) is 12.1. The predicted molar refractivity (Wildman–Crippen MR) is 196 cm³/mol. The van der Waals surface area contributed by atoms with Crippen molar-refractivity contribution >= 4 is 21.9 Å². The van der Waals surface area contributed by atoms with Crippen LogP contribution in [0, 0.1) is 50.2 Å². The highest BCUT2D eigenvalue weighted by Gasteiger charge is 2.44. The molecule has 21 heteroatoms. The van der Waals surface area contributed by atoms with E-state index < -0.39 is 35.1 Å². The zero-order chi connectivity index (χ0) is 42.4. The number of aromatic nitrogens is 8. The number of benzene rings is 2. The number of hydrogen-bond acceptors (Lipinski definition) is 10. The maximum atomic E-state index is 14.1. The van der Waals surface area contributed by atoms with Gasteiger partial charge in [-0.1, -0.05) is 5.16 Å². The van der Waals surface area contributed by atoms with E-state index in [4.69, 9.17) is 14.0 Å². The van der Waals surface area contributed by atoms with E-state index >= 15 is 0 Å². The van der Waals surface area contributed by atoms with Gasteiger partial charge in [0.25, 0.3) is 0 Å². The fourth-order valence-corrected chi connectivity index (χ4v) is 7.52. The second-order valence-electron chi connectivity index (χ2n) is 14.9. The van der Waals surface area contributed by atoms with E-state index in [1.165, 1.54) is 30.7 Å². The number of fused-ring (bicyclic) bond motifs is 2. The minimum atomic E-state index is -4.83. The first kappa shape index (κ1) is 42.8. The van der Waals surface area contributed by atoms with E-state index in [-0.39, 0.29) is 51.5 Å². The first-order valence-corrected chi connectivity index (χ1v) is 19.1. The molecule has 314 valence electrons. The number of aryl methyl sites for hydroxylation is 3. The van der Waals surface area contributed by atoms with Crippen LogP contribution in [0.1, 0.15) is 86.5 Å². The zero-order valence-electron chi connectivity index (χ0n) is 32.4. The highest BCUT2D eigenvalue weighted by molar-refractivity contribution is 9.10. The van der Waals surface area contributed by atoms with Crippen molar-refractivity contribution < 1.29 is 49.1 Å². The smallest absolute Gasteiger partial charge is 0.419 e. The second kappa shape index (κ2) is 16.4. The Balaban J connectivity index is 0.000000221. The molecule has 0 spiro atoms. The molecule has 3 aromatic heterocycles. The Bertz CT molecular complexity index is 2240. The van der Waals surface area contributed by atoms with Gasteiger partial charge >= 0.3 is 30.4 Å². The number of rotatable bonds is 9. The molecule has 1 saturated carbocycles. The molecule has 1 aliphatic carbocycles. The van der Waals surface area contributed by atoms with Crippen LogP contribution in [-0.4, -0.2) is 52.8 Å². The lowest BCUT2D eigenvalue weighted by Crippen LogP contribution is -2.43. The first-order valence-electron chi connectivity index (χ1n) is 18.3. The average molecular weight is 891 g/mol. The summed E-state index contributed by atoms with van der Waals surface area (Å²) in [5.74, 6) is -0.526. The number of piperidine rings is 1. The molecule has 7 rings (SSSR count). The van der Waals surface area contributed by atoms with Crippen LogP contribution in [-0.2, 0) is 18.8 Å². The molecule has 2 aliphatic rings. The quantitative estimate of drug-likeness (QED) is 0.132. The normalized spacial score (nSPS) is 18.2. The third-order valence-corrected chi connectivity index (χ3v) is 10.3. The van der Waals surface area contributed by atoms with Gasteiger partial charge in [-0.05, 0) is 130 Å². The molecule has 0 radical (unpaired) electrons. The number of halogens is 9. The molecule has 1 unspecified atom stereocenters. The second-order valence-corrected chi connectivity index (χ2v) is 15.7. The molecule has 2 fully saturated rings. The van der Waals surface area contributed by atoms with Gasteiger partial charge in [-0.25, -0.2) is 18.1 Å². The molecular formula is C37H40BrF8N9O3. The van der Waals surface area contributed by atoms with Crippen LogP contribution in [0.2, 0.25) is 0 Å². The minimum Gasteiger partial charge on any atom is -0.424 e. The molecule has 58 heavy (non-hydrogen) atoms. The van der Waals surface area contributed by atoms with E-state index in [0.717, 1.165) is 25.9 Å². The minimum absolute atomic E-state index is 0.0148. The molecule has 5 aromatic rings. The van der Waals surface area contributed by atoms with Crippen LogP contribution in [0.5, 0.6) is 23.5 Å². The molecule has 1 aliphatic heterocycles. The van der Waals surface area contributed by atoms with Gasteiger partial charge in [0.15, 0.2) is 11.6 Å². The van der Waals surface area contributed by atoms with Crippen LogP contribution in [0.4, 0.5) is 41.1 Å². The fraction of sp³-hybridized carbons (Fsp3) is 0.514. The van der Waals surface area contributed by atoms with Crippen molar-refractivity contribution in [2.45, 2.75) is 92.2 Å². The third-order valence-electron chi connectivity index (χ3n) is 9.92. The summed E-state index contributed by atoms with van der Waals surface area (Å²) in [6.45, 7) is 13.3. The molecular weight excluding hydrogens is 850 g/mol. The average Bonchev–Trinajstić information content (AvgIpc) is 3.88. The molecule has 4 heterocycles. The van der Waals surface area contributed by atoms with Crippen LogP contribution < -0.4 is 14.4 Å². The van der Waals surface area contributed by atoms with Crippen molar-refractivity contribution in [3.8, 4) is 23.5 Å². The molecule has 0 amide bonds. The van der Waals surface area contributed by atoms with E-state index in [2.05, 4.69) is 51.1 Å². The van der Waals surface area contributed by atoms with Crippen molar-refractivity contribution in [2.24, 2.45) is 17.8 Å². The van der Waals surface area contributed by atoms with Gasteiger partial charge in [-0.2, -0.15) is 46.4 Å². The van der Waals surface area contributed by atoms with Crippen molar-refractivity contribution in [3.63, 3.8) is 0 Å². The van der Waals surface area contributed by atoms with Crippen LogP contribution in [0.15, 0.2) is 33.5 Å². The first-order chi connectivity index (χ1) is 27.1. The lowest BCUT2D eigenvalue weighted by molar-refractivity contribution is -0.141. The molecule has 3 atom stereocenters. The summed E-state index contributed by atoms with van der Waals surface area (Å²) >= 11 is 3.07. The number of alkyl halides is 6. The van der Waals surface area contributed by atoms with E-state index in [1.54, 1.807) is 11.6 Å². The SMILES string of the molecule is Cc1cc(Oc2nc(Br)nn2C(C)C)cc(C(F)(F)F)c1F.Cc1noc(N2C[C@H]3CC[C@@H](C2)C3Cc2nc(Oc3cc(C)c(F)c(C(F)(F)F)c3)n(C(C)C)n2)n1. The summed E-state index contributed by atoms with van der Waals surface area (Å²) in [4.78, 5) is 15.0. The molecule has 1 saturated heterocycles. The van der Waals surface area contributed by atoms with Gasteiger partial charge in [-0.15, -0.1) is 5.10 Å². The zero-order valence-corrected chi connectivity index (χ0v) is 34.0. The summed E-state index contributed by atoms with van der Waals surface area (Å²) in [5.41, 5.74) is -3.07. The van der Waals surface area contributed by atoms with Crippen LogP contribution in [0.25, 0.3) is 0 Å². The van der Waals surface area contributed by atoms with Crippen molar-refractivity contribution in [1.82, 2.24) is 39.7 Å². The van der Waals surface area contributed by atoms with Crippen molar-refractivity contribution in [1.29, 1.82) is 0 Å². The Labute approximate surface area is 336 Å². The lowest BCUT2D eigenvalue weighted by Gasteiger charge is -2.36. The van der Waals surface area contributed by atoms with E-state index in [1.807, 2.05) is 27.7 Å². The number of hydrogen-bond donors (Lipinski definition) is 0. The Morgan fingerprint density at radius 3 is 1.67 bits per heavy atom. The predicted octanol–water partition coefficient (Wildman–Crippen LogP) is 10.4. The summed E-state index contributed by atoms with van der Waals surface area (Å²) in [6, 6.07) is 4.09. The highest BCUT2D eigenvalue weighted by Crippen LogP contribution is 2.45. The molecule has 2 aromatic carbocycles. The monoisotopic (exact) mass is 889 g/mol. The Hall–Kier alpha value is -4.82. The van der Waals surface area contributed by atoms with Crippen molar-refractivity contribution in [2.75, 3.05) is 18.0 Å². The number of anilines is 1. The van der Waals surface area contributed by atoms with E-state index in [9.17, 15) is 35.1 Å². The summed E-state index contributed by atoms with van der Waals surface area (Å²) < 4.78 is 126. The van der Waals surface area contributed by atoms with Crippen molar-refractivity contribution in [3.05, 3.63) is 74.5 Å². The Morgan fingerprint density at radius 1 is 0.741 bits per heavy atom. The van der Waals surface area contributed by atoms with Crippen LogP contribution >= 0.6 is 15.9 Å². The Morgan fingerprint density at radius 2 is 1.22 bits per heavy atom.